The van der Waals surface area contributed by atoms with Crippen LogP contribution in [0.1, 0.15) is 31.9 Å². The van der Waals surface area contributed by atoms with Crippen LogP contribution in [-0.4, -0.2) is 40.1 Å². The molecule has 5 nitrogen and oxygen atoms in total. The number of imidazole rings is 1. The van der Waals surface area contributed by atoms with Crippen molar-refractivity contribution in [1.29, 1.82) is 0 Å². The molecule has 0 bridgehead atoms. The fraction of sp³-hybridized carbons (Fsp3) is 0.692. The van der Waals surface area contributed by atoms with E-state index in [4.69, 9.17) is 4.74 Å². The molecular weight excluding hydrogens is 230 g/mol. The third-order valence-corrected chi connectivity index (χ3v) is 3.47. The molecule has 0 radical (unpaired) electrons. The van der Waals surface area contributed by atoms with E-state index in [1.165, 1.54) is 12.8 Å². The van der Waals surface area contributed by atoms with E-state index in [0.717, 1.165) is 38.9 Å². The summed E-state index contributed by atoms with van der Waals surface area (Å²) in [5.41, 5.74) is 1.17. The van der Waals surface area contributed by atoms with Crippen molar-refractivity contribution in [3.8, 4) is 0 Å². The van der Waals surface area contributed by atoms with Crippen LogP contribution in [0.15, 0.2) is 12.5 Å². The third-order valence-electron chi connectivity index (χ3n) is 3.47. The molecule has 0 N–H and O–H groups in total. The van der Waals surface area contributed by atoms with Gasteiger partial charge in [-0.25, -0.2) is 4.98 Å². The van der Waals surface area contributed by atoms with Crippen LogP contribution in [0, 0.1) is 0 Å². The van der Waals surface area contributed by atoms with Gasteiger partial charge in [0.2, 0.25) is 0 Å². The Labute approximate surface area is 108 Å². The highest BCUT2D eigenvalue weighted by Crippen LogP contribution is 2.21. The first-order valence-electron chi connectivity index (χ1n) is 6.57. The minimum Gasteiger partial charge on any atom is -0.468 e. The normalized spacial score (nSPS) is 20.2. The Balaban J connectivity index is 2.03. The summed E-state index contributed by atoms with van der Waals surface area (Å²) in [5.74, 6) is -0.117. The first-order valence-corrected chi connectivity index (χ1v) is 6.57. The van der Waals surface area contributed by atoms with Crippen LogP contribution >= 0.6 is 0 Å². The minimum atomic E-state index is -0.117. The van der Waals surface area contributed by atoms with E-state index in [-0.39, 0.29) is 12.0 Å². The summed E-state index contributed by atoms with van der Waals surface area (Å²) in [6.45, 7) is 4.86. The predicted octanol–water partition coefficient (Wildman–Crippen LogP) is 1.43. The molecule has 0 spiro atoms. The van der Waals surface area contributed by atoms with Crippen molar-refractivity contribution in [2.75, 3.05) is 13.7 Å². The quantitative estimate of drug-likeness (QED) is 0.743. The molecule has 0 aliphatic carbocycles. The fourth-order valence-corrected chi connectivity index (χ4v) is 2.55. The molecular formula is C13H21N3O2. The van der Waals surface area contributed by atoms with Gasteiger partial charge in [-0.3, -0.25) is 9.69 Å². The van der Waals surface area contributed by atoms with Crippen molar-refractivity contribution in [3.63, 3.8) is 0 Å². The Morgan fingerprint density at radius 1 is 1.61 bits per heavy atom. The number of rotatable bonds is 5. The van der Waals surface area contributed by atoms with Crippen LogP contribution < -0.4 is 0 Å². The standard InChI is InChI=1S/C13H21N3O2/c1-3-6-16-10-14-8-11(16)9-15-7-4-5-12(15)13(17)18-2/h8,10,12H,3-7,9H2,1-2H3. The third kappa shape index (κ3) is 2.72. The Morgan fingerprint density at radius 2 is 2.44 bits per heavy atom. The van der Waals surface area contributed by atoms with Crippen LogP contribution in [0.25, 0.3) is 0 Å². The second-order valence-electron chi connectivity index (χ2n) is 4.73. The average molecular weight is 251 g/mol. The van der Waals surface area contributed by atoms with Crippen molar-refractivity contribution in [2.24, 2.45) is 0 Å². The zero-order valence-electron chi connectivity index (χ0n) is 11.1. The van der Waals surface area contributed by atoms with Crippen LogP contribution in [0.2, 0.25) is 0 Å². The average Bonchev–Trinajstić information content (AvgIpc) is 3.00. The molecule has 1 saturated heterocycles. The Kier molecular flexibility index (Phi) is 4.36. The maximum atomic E-state index is 11.7. The maximum Gasteiger partial charge on any atom is 0.323 e. The SMILES string of the molecule is CCCn1cncc1CN1CCCC1C(=O)OC. The van der Waals surface area contributed by atoms with Crippen LogP contribution in [-0.2, 0) is 22.6 Å². The van der Waals surface area contributed by atoms with E-state index >= 15 is 0 Å². The number of likely N-dealkylation sites (tertiary alicyclic amines) is 1. The second-order valence-corrected chi connectivity index (χ2v) is 4.73. The molecule has 1 fully saturated rings. The van der Waals surface area contributed by atoms with E-state index in [2.05, 4.69) is 21.4 Å². The van der Waals surface area contributed by atoms with Gasteiger partial charge >= 0.3 is 5.97 Å². The van der Waals surface area contributed by atoms with E-state index < -0.39 is 0 Å². The molecule has 1 aromatic heterocycles. The molecule has 18 heavy (non-hydrogen) atoms. The van der Waals surface area contributed by atoms with Crippen LogP contribution in [0.3, 0.4) is 0 Å². The van der Waals surface area contributed by atoms with E-state index in [0.29, 0.717) is 0 Å². The second kappa shape index (κ2) is 6.00. The summed E-state index contributed by atoms with van der Waals surface area (Å²) in [4.78, 5) is 18.1. The number of hydrogen-bond donors (Lipinski definition) is 0. The zero-order valence-corrected chi connectivity index (χ0v) is 11.1. The number of esters is 1. The smallest absolute Gasteiger partial charge is 0.323 e. The molecule has 5 heteroatoms. The lowest BCUT2D eigenvalue weighted by molar-refractivity contribution is -0.146. The Morgan fingerprint density at radius 3 is 3.17 bits per heavy atom. The summed E-state index contributed by atoms with van der Waals surface area (Å²) in [6, 6.07) is -0.0834. The predicted molar refractivity (Wildman–Crippen MR) is 68.0 cm³/mol. The number of carbonyl (C=O) groups excluding carboxylic acids is 1. The van der Waals surface area contributed by atoms with Crippen LogP contribution in [0.5, 0.6) is 0 Å². The van der Waals surface area contributed by atoms with Gasteiger partial charge in [0, 0.05) is 19.3 Å². The lowest BCUT2D eigenvalue weighted by Crippen LogP contribution is -2.36. The van der Waals surface area contributed by atoms with Gasteiger partial charge < -0.3 is 9.30 Å². The van der Waals surface area contributed by atoms with E-state index in [1.54, 1.807) is 0 Å². The lowest BCUT2D eigenvalue weighted by atomic mass is 10.2. The first-order chi connectivity index (χ1) is 8.76. The number of carbonyl (C=O) groups is 1. The highest BCUT2D eigenvalue weighted by atomic mass is 16.5. The van der Waals surface area contributed by atoms with Gasteiger partial charge in [-0.05, 0) is 25.8 Å². The van der Waals surface area contributed by atoms with Gasteiger partial charge in [0.1, 0.15) is 6.04 Å². The summed E-state index contributed by atoms with van der Waals surface area (Å²) < 4.78 is 7.02. The monoisotopic (exact) mass is 251 g/mol. The van der Waals surface area contributed by atoms with E-state index in [9.17, 15) is 4.79 Å². The van der Waals surface area contributed by atoms with Gasteiger partial charge in [-0.1, -0.05) is 6.92 Å². The number of aromatic nitrogens is 2. The summed E-state index contributed by atoms with van der Waals surface area (Å²) in [7, 11) is 1.46. The molecule has 1 aliphatic rings. The molecule has 2 rings (SSSR count). The minimum absolute atomic E-state index is 0.0834. The molecule has 1 atom stereocenters. The van der Waals surface area contributed by atoms with Crippen molar-refractivity contribution < 1.29 is 9.53 Å². The van der Waals surface area contributed by atoms with Gasteiger partial charge in [-0.2, -0.15) is 0 Å². The van der Waals surface area contributed by atoms with Crippen molar-refractivity contribution in [3.05, 3.63) is 18.2 Å². The molecule has 2 heterocycles. The molecule has 1 aromatic rings. The molecule has 100 valence electrons. The molecule has 0 amide bonds. The number of methoxy groups -OCH3 is 1. The summed E-state index contributed by atoms with van der Waals surface area (Å²) >= 11 is 0. The Bertz CT molecular complexity index is 403. The topological polar surface area (TPSA) is 47.4 Å². The van der Waals surface area contributed by atoms with E-state index in [1.807, 2.05) is 12.5 Å². The molecule has 1 aliphatic heterocycles. The first kappa shape index (κ1) is 13.1. The van der Waals surface area contributed by atoms with Gasteiger partial charge in [0.05, 0.1) is 19.1 Å². The van der Waals surface area contributed by atoms with Crippen molar-refractivity contribution >= 4 is 5.97 Å². The van der Waals surface area contributed by atoms with Gasteiger partial charge in [0.25, 0.3) is 0 Å². The van der Waals surface area contributed by atoms with Crippen LogP contribution in [0.4, 0.5) is 0 Å². The Hall–Kier alpha value is -1.36. The van der Waals surface area contributed by atoms with Crippen molar-refractivity contribution in [2.45, 2.75) is 45.3 Å². The number of aryl methyl sites for hydroxylation is 1. The fourth-order valence-electron chi connectivity index (χ4n) is 2.55. The van der Waals surface area contributed by atoms with Gasteiger partial charge in [0.15, 0.2) is 0 Å². The zero-order chi connectivity index (χ0) is 13.0. The molecule has 0 saturated carbocycles. The van der Waals surface area contributed by atoms with Gasteiger partial charge in [-0.15, -0.1) is 0 Å². The molecule has 0 aromatic carbocycles. The summed E-state index contributed by atoms with van der Waals surface area (Å²) in [5, 5.41) is 0. The number of hydrogen-bond acceptors (Lipinski definition) is 4. The highest BCUT2D eigenvalue weighted by Gasteiger charge is 2.31. The highest BCUT2D eigenvalue weighted by molar-refractivity contribution is 5.75. The maximum absolute atomic E-state index is 11.7. The summed E-state index contributed by atoms with van der Waals surface area (Å²) in [6.07, 6.45) is 6.80. The lowest BCUT2D eigenvalue weighted by Gasteiger charge is -2.22. The number of nitrogens with zero attached hydrogens (tertiary/aromatic N) is 3. The number of ether oxygens (including phenoxy) is 1. The van der Waals surface area contributed by atoms with Crippen molar-refractivity contribution in [1.82, 2.24) is 14.5 Å². The largest absolute Gasteiger partial charge is 0.468 e. The molecule has 1 unspecified atom stereocenters.